The Labute approximate surface area is 261 Å². The molecule has 3 heterocycles. The van der Waals surface area contributed by atoms with Crippen molar-refractivity contribution in [2.75, 3.05) is 11.5 Å². The van der Waals surface area contributed by atoms with Crippen LogP contribution in [0.25, 0.3) is 10.9 Å². The van der Waals surface area contributed by atoms with Crippen LogP contribution in [0.1, 0.15) is 105 Å². The van der Waals surface area contributed by atoms with Crippen LogP contribution in [0.2, 0.25) is 0 Å². The number of nitrogens with one attached hydrogen (secondary N) is 1. The van der Waals surface area contributed by atoms with Crippen LogP contribution in [0.15, 0.2) is 42.6 Å². The number of aromatic nitrogens is 2. The third kappa shape index (κ3) is 13.4. The number of halogens is 1. The number of hydrogen-bond acceptors (Lipinski definition) is 6. The van der Waals surface area contributed by atoms with Gasteiger partial charge in [-0.05, 0) is 115 Å². The van der Waals surface area contributed by atoms with Gasteiger partial charge in [0.1, 0.15) is 11.6 Å². The van der Waals surface area contributed by atoms with E-state index >= 15 is 0 Å². The van der Waals surface area contributed by atoms with Crippen molar-refractivity contribution in [3.05, 3.63) is 70.9 Å². The molecule has 234 valence electrons. The van der Waals surface area contributed by atoms with Gasteiger partial charge in [-0.3, -0.25) is 19.6 Å². The molecule has 2 fully saturated rings. The summed E-state index contributed by atoms with van der Waals surface area (Å²) in [7, 11) is 0. The molecule has 0 unspecified atom stereocenters. The fourth-order valence-corrected chi connectivity index (χ4v) is 6.13. The van der Waals surface area contributed by atoms with Gasteiger partial charge in [0.05, 0.1) is 23.0 Å². The normalized spacial score (nSPS) is 18.0. The molecule has 2 aliphatic rings. The van der Waals surface area contributed by atoms with Crippen LogP contribution in [0.3, 0.4) is 0 Å². The van der Waals surface area contributed by atoms with Crippen LogP contribution in [0, 0.1) is 31.5 Å². The number of aryl methyl sites for hydroxylation is 2. The molecule has 0 atom stereocenters. The maximum Gasteiger partial charge on any atom is 0.253 e. The molecule has 2 aromatic heterocycles. The summed E-state index contributed by atoms with van der Waals surface area (Å²) < 4.78 is 12.5. The zero-order valence-corrected chi connectivity index (χ0v) is 27.7. The third-order valence-electron chi connectivity index (χ3n) is 7.45. The highest BCUT2D eigenvalue weighted by molar-refractivity contribution is 7.99. The lowest BCUT2D eigenvalue weighted by Gasteiger charge is -2.27. The number of carbonyl (C=O) groups is 3. The van der Waals surface area contributed by atoms with E-state index in [9.17, 15) is 18.8 Å². The van der Waals surface area contributed by atoms with E-state index in [1.807, 2.05) is 37.3 Å². The lowest BCUT2D eigenvalue weighted by Crippen LogP contribution is -2.37. The van der Waals surface area contributed by atoms with Gasteiger partial charge in [-0.1, -0.05) is 32.0 Å². The molecule has 1 saturated carbocycles. The summed E-state index contributed by atoms with van der Waals surface area (Å²) in [5.41, 5.74) is 3.37. The molecule has 1 aliphatic heterocycles. The van der Waals surface area contributed by atoms with Crippen LogP contribution >= 0.6 is 11.8 Å². The minimum absolute atomic E-state index is 0.0188. The fraction of sp³-hybridized carbons (Fsp3) is 0.514. The van der Waals surface area contributed by atoms with Gasteiger partial charge in [0.2, 0.25) is 0 Å². The first kappa shape index (κ1) is 36.1. The Morgan fingerprint density at radius 1 is 0.837 bits per heavy atom. The minimum atomic E-state index is -0.471. The number of fused-ring (bicyclic) bond motifs is 1. The van der Waals surface area contributed by atoms with E-state index in [4.69, 9.17) is 0 Å². The molecule has 1 N–H and O–H groups in total. The van der Waals surface area contributed by atoms with Crippen molar-refractivity contribution in [1.29, 1.82) is 0 Å². The van der Waals surface area contributed by atoms with Gasteiger partial charge in [0.15, 0.2) is 5.78 Å². The van der Waals surface area contributed by atoms with Crippen LogP contribution in [-0.2, 0) is 4.79 Å². The van der Waals surface area contributed by atoms with E-state index in [0.29, 0.717) is 22.9 Å². The zero-order chi connectivity index (χ0) is 31.9. The number of para-hydroxylation sites is 1. The summed E-state index contributed by atoms with van der Waals surface area (Å²) in [6.07, 6.45) is 8.59. The lowest BCUT2D eigenvalue weighted by atomic mass is 9.87. The number of rotatable bonds is 3. The molecule has 1 aromatic carbocycles. The number of thioether (sulfide) groups is 1. The highest BCUT2D eigenvalue weighted by atomic mass is 32.2. The summed E-state index contributed by atoms with van der Waals surface area (Å²) in [4.78, 5) is 41.0. The van der Waals surface area contributed by atoms with E-state index in [1.54, 1.807) is 6.92 Å². The summed E-state index contributed by atoms with van der Waals surface area (Å²) in [6.45, 7) is 12.7. The Morgan fingerprint density at radius 2 is 1.42 bits per heavy atom. The average molecular weight is 610 g/mol. The quantitative estimate of drug-likeness (QED) is 0.300. The largest absolute Gasteiger partial charge is 0.349 e. The second-order valence-corrected chi connectivity index (χ2v) is 13.0. The van der Waals surface area contributed by atoms with Crippen LogP contribution < -0.4 is 5.32 Å². The molecule has 5 rings (SSSR count). The Kier molecular flexibility index (Phi) is 15.5. The van der Waals surface area contributed by atoms with Gasteiger partial charge >= 0.3 is 0 Å². The van der Waals surface area contributed by atoms with Gasteiger partial charge in [0.25, 0.3) is 5.91 Å². The smallest absolute Gasteiger partial charge is 0.253 e. The highest BCUT2D eigenvalue weighted by Gasteiger charge is 2.21. The zero-order valence-electron chi connectivity index (χ0n) is 26.8. The molecule has 1 amide bonds. The van der Waals surface area contributed by atoms with Gasteiger partial charge in [-0.2, -0.15) is 11.8 Å². The predicted octanol–water partition coefficient (Wildman–Crippen LogP) is 8.33. The van der Waals surface area contributed by atoms with Crippen molar-refractivity contribution in [2.24, 2.45) is 11.8 Å². The average Bonchev–Trinajstić information content (AvgIpc) is 2.96. The summed E-state index contributed by atoms with van der Waals surface area (Å²) >= 11 is 2.10. The van der Waals surface area contributed by atoms with Crippen molar-refractivity contribution >= 4 is 40.1 Å². The topological polar surface area (TPSA) is 89.0 Å². The van der Waals surface area contributed by atoms with E-state index in [-0.39, 0.29) is 17.5 Å². The van der Waals surface area contributed by atoms with E-state index in [0.717, 1.165) is 47.5 Å². The first-order chi connectivity index (χ1) is 20.4. The van der Waals surface area contributed by atoms with E-state index in [2.05, 4.69) is 40.9 Å². The number of Topliss-reactive ketones (excluding diaryl/α,β-unsaturated/α-hetero) is 2. The molecule has 0 spiro atoms. The standard InChI is InChI=1S/C18H22N2O.C8H8FNO.C6H12S.C3H6O/c1-12-7-9-15(10-8-12)20-18(21)16-11-14-5-3-4-6-17(14)19-13(16)2;1-5-8(6(2)11)3-7(9)4-10-5;1-6-2-4-7-5-3-6;1-3(2)4/h3-6,11-12,15H,7-10H2,1-2H3,(H,20,21);3-4H,1-2H3;6H,2-5H2,1H3;1-2H3. The second-order valence-electron chi connectivity index (χ2n) is 11.8. The van der Waals surface area contributed by atoms with Crippen molar-refractivity contribution in [1.82, 2.24) is 15.3 Å². The number of hydrogen-bond donors (Lipinski definition) is 1. The highest BCUT2D eigenvalue weighted by Crippen LogP contribution is 2.24. The van der Waals surface area contributed by atoms with Crippen LogP contribution in [-0.4, -0.2) is 45.0 Å². The third-order valence-corrected chi connectivity index (χ3v) is 8.50. The van der Waals surface area contributed by atoms with E-state index < -0.39 is 5.82 Å². The van der Waals surface area contributed by atoms with Crippen molar-refractivity contribution < 1.29 is 18.8 Å². The number of amides is 1. The second kappa shape index (κ2) is 18.5. The molecular formula is C35H48FN3O3S. The minimum Gasteiger partial charge on any atom is -0.349 e. The van der Waals surface area contributed by atoms with Gasteiger partial charge in [0, 0.05) is 22.7 Å². The molecule has 0 bridgehead atoms. The lowest BCUT2D eigenvalue weighted by molar-refractivity contribution is -0.115. The monoisotopic (exact) mass is 609 g/mol. The number of benzene rings is 1. The maximum atomic E-state index is 12.5. The molecule has 1 aliphatic carbocycles. The van der Waals surface area contributed by atoms with Gasteiger partial charge < -0.3 is 10.1 Å². The summed E-state index contributed by atoms with van der Waals surface area (Å²) in [6, 6.07) is 11.4. The van der Waals surface area contributed by atoms with Crippen molar-refractivity contribution in [3.63, 3.8) is 0 Å². The first-order valence-electron chi connectivity index (χ1n) is 15.2. The first-order valence-corrected chi connectivity index (χ1v) is 16.4. The number of ketones is 2. The predicted molar refractivity (Wildman–Crippen MR) is 176 cm³/mol. The number of pyridine rings is 2. The fourth-order valence-electron chi connectivity index (χ4n) is 4.79. The van der Waals surface area contributed by atoms with Crippen LogP contribution in [0.5, 0.6) is 0 Å². The molecule has 43 heavy (non-hydrogen) atoms. The molecule has 6 nitrogen and oxygen atoms in total. The van der Waals surface area contributed by atoms with Gasteiger partial charge in [-0.15, -0.1) is 0 Å². The van der Waals surface area contributed by atoms with Crippen molar-refractivity contribution in [2.45, 2.75) is 93.0 Å². The van der Waals surface area contributed by atoms with Gasteiger partial charge in [-0.25, -0.2) is 4.39 Å². The van der Waals surface area contributed by atoms with E-state index in [1.165, 1.54) is 64.0 Å². The SMILES string of the molecule is CC(=O)c1cc(F)cnc1C.CC(C)=O.CC1CCSCC1.Cc1nc2ccccc2cc1C(=O)NC1CCC(C)CC1. The Balaban J connectivity index is 0.000000244. The van der Waals surface area contributed by atoms with Crippen molar-refractivity contribution in [3.8, 4) is 0 Å². The molecule has 0 radical (unpaired) electrons. The molecule has 1 saturated heterocycles. The maximum absolute atomic E-state index is 12.5. The molecular weight excluding hydrogens is 561 g/mol. The number of nitrogens with zero attached hydrogens (tertiary/aromatic N) is 2. The number of carbonyl (C=O) groups excluding carboxylic acids is 3. The Morgan fingerprint density at radius 3 is 1.95 bits per heavy atom. The Hall–Kier alpha value is -3.13. The molecule has 3 aromatic rings. The summed E-state index contributed by atoms with van der Waals surface area (Å²) in [5, 5.41) is 4.20. The summed E-state index contributed by atoms with van der Waals surface area (Å²) in [5.74, 6) is 4.17. The molecule has 8 heteroatoms. The Bertz CT molecular complexity index is 1350. The van der Waals surface area contributed by atoms with Crippen LogP contribution in [0.4, 0.5) is 4.39 Å².